The Morgan fingerprint density at radius 3 is 2.19 bits per heavy atom. The van der Waals surface area contributed by atoms with Crippen LogP contribution in [0.5, 0.6) is 5.75 Å². The van der Waals surface area contributed by atoms with E-state index < -0.39 is 28.3 Å². The van der Waals surface area contributed by atoms with Gasteiger partial charge in [-0.15, -0.1) is 10.2 Å². The van der Waals surface area contributed by atoms with Crippen LogP contribution in [0.2, 0.25) is 0 Å². The van der Waals surface area contributed by atoms with Crippen LogP contribution >= 0.6 is 0 Å². The highest BCUT2D eigenvalue weighted by Gasteiger charge is 2.36. The third kappa shape index (κ3) is 5.77. The van der Waals surface area contributed by atoms with Gasteiger partial charge in [-0.05, 0) is 61.4 Å². The summed E-state index contributed by atoms with van der Waals surface area (Å²) in [5.41, 5.74) is 0.392. The topological polar surface area (TPSA) is 85.5 Å². The first kappa shape index (κ1) is 26.2. The molecule has 11 heteroatoms. The van der Waals surface area contributed by atoms with E-state index in [1.807, 2.05) is 12.1 Å². The predicted octanol–water partition coefficient (Wildman–Crippen LogP) is 5.70. The zero-order valence-corrected chi connectivity index (χ0v) is 21.1. The number of alkyl halides is 3. The summed E-state index contributed by atoms with van der Waals surface area (Å²) in [4.78, 5) is -0.0760. The SMILES string of the molecule is COc1ccc(Cc2nnc(CN(c3cccc(C(F)(F)F)c3C)S(=O)(=O)c3ccc(C)cc3)o2)cc1. The number of nitrogens with zero attached hydrogens (tertiary/aromatic N) is 3. The van der Waals surface area contributed by atoms with Crippen LogP contribution in [-0.2, 0) is 29.2 Å². The lowest BCUT2D eigenvalue weighted by Crippen LogP contribution is -2.32. The molecule has 7 nitrogen and oxygen atoms in total. The Kier molecular flexibility index (Phi) is 7.26. The van der Waals surface area contributed by atoms with Gasteiger partial charge in [-0.1, -0.05) is 35.9 Å². The monoisotopic (exact) mass is 531 g/mol. The second-order valence-corrected chi connectivity index (χ2v) is 10.2. The number of hydrogen-bond acceptors (Lipinski definition) is 6. The van der Waals surface area contributed by atoms with Crippen LogP contribution in [0, 0.1) is 13.8 Å². The van der Waals surface area contributed by atoms with Crippen molar-refractivity contribution >= 4 is 15.7 Å². The molecular formula is C26H24F3N3O4S. The molecule has 0 aliphatic rings. The number of aromatic nitrogens is 2. The first-order valence-electron chi connectivity index (χ1n) is 11.2. The summed E-state index contributed by atoms with van der Waals surface area (Å²) in [7, 11) is -2.73. The largest absolute Gasteiger partial charge is 0.497 e. The number of hydrogen-bond donors (Lipinski definition) is 0. The molecule has 0 atom stereocenters. The number of benzene rings is 3. The molecule has 0 bridgehead atoms. The average Bonchev–Trinajstić information content (AvgIpc) is 3.30. The fraction of sp³-hybridized carbons (Fsp3) is 0.231. The van der Waals surface area contributed by atoms with Crippen LogP contribution in [0.4, 0.5) is 18.9 Å². The maximum atomic E-state index is 13.7. The molecule has 0 saturated heterocycles. The highest BCUT2D eigenvalue weighted by atomic mass is 32.2. The maximum Gasteiger partial charge on any atom is 0.416 e. The number of anilines is 1. The minimum absolute atomic E-state index is 0.0592. The molecule has 1 heterocycles. The number of ether oxygens (including phenoxy) is 1. The molecule has 0 N–H and O–H groups in total. The summed E-state index contributed by atoms with van der Waals surface area (Å²) in [5, 5.41) is 7.96. The third-order valence-electron chi connectivity index (χ3n) is 5.79. The normalized spacial score (nSPS) is 11.9. The fourth-order valence-electron chi connectivity index (χ4n) is 3.80. The molecule has 37 heavy (non-hydrogen) atoms. The van der Waals surface area contributed by atoms with Gasteiger partial charge in [0.2, 0.25) is 11.8 Å². The molecule has 0 amide bonds. The van der Waals surface area contributed by atoms with Crippen LogP contribution in [0.1, 0.15) is 34.0 Å². The van der Waals surface area contributed by atoms with Gasteiger partial charge in [0.15, 0.2) is 0 Å². The summed E-state index contributed by atoms with van der Waals surface area (Å²) in [6.45, 7) is 2.58. The predicted molar refractivity (Wildman–Crippen MR) is 131 cm³/mol. The van der Waals surface area contributed by atoms with Crippen molar-refractivity contribution in [1.29, 1.82) is 0 Å². The van der Waals surface area contributed by atoms with E-state index in [4.69, 9.17) is 9.15 Å². The summed E-state index contributed by atoms with van der Waals surface area (Å²) >= 11 is 0. The maximum absolute atomic E-state index is 13.7. The Hall–Kier alpha value is -3.86. The Labute approximate surface area is 212 Å². The second-order valence-electron chi connectivity index (χ2n) is 8.39. The van der Waals surface area contributed by atoms with E-state index in [1.54, 1.807) is 38.3 Å². The van der Waals surface area contributed by atoms with Crippen molar-refractivity contribution in [2.75, 3.05) is 11.4 Å². The summed E-state index contributed by atoms with van der Waals surface area (Å²) in [6, 6.07) is 16.6. The minimum Gasteiger partial charge on any atom is -0.497 e. The van der Waals surface area contributed by atoms with Crippen molar-refractivity contribution in [2.45, 2.75) is 37.9 Å². The summed E-state index contributed by atoms with van der Waals surface area (Å²) in [5.74, 6) is 0.855. The second kappa shape index (κ2) is 10.3. The van der Waals surface area contributed by atoms with E-state index in [-0.39, 0.29) is 34.3 Å². The Morgan fingerprint density at radius 1 is 0.919 bits per heavy atom. The van der Waals surface area contributed by atoms with Crippen LogP contribution in [0.15, 0.2) is 76.0 Å². The molecule has 0 saturated carbocycles. The number of rotatable bonds is 8. The Bertz CT molecular complexity index is 1480. The van der Waals surface area contributed by atoms with Crippen LogP contribution < -0.4 is 9.04 Å². The van der Waals surface area contributed by atoms with E-state index in [0.717, 1.165) is 21.5 Å². The van der Waals surface area contributed by atoms with E-state index in [1.165, 1.54) is 31.2 Å². The highest BCUT2D eigenvalue weighted by Crippen LogP contribution is 2.38. The quantitative estimate of drug-likeness (QED) is 0.290. The lowest BCUT2D eigenvalue weighted by atomic mass is 10.1. The molecule has 0 fully saturated rings. The highest BCUT2D eigenvalue weighted by molar-refractivity contribution is 7.92. The molecule has 0 unspecified atom stereocenters. The standard InChI is InChI=1S/C26H24F3N3O4S/c1-17-7-13-21(14-8-17)37(33,34)32(23-6-4-5-22(18(23)2)26(27,28)29)16-25-31-30-24(36-25)15-19-9-11-20(35-3)12-10-19/h4-14H,15-16H2,1-3H3. The Morgan fingerprint density at radius 2 is 1.57 bits per heavy atom. The molecule has 4 rings (SSSR count). The van der Waals surface area contributed by atoms with Crippen molar-refractivity contribution in [3.05, 3.63) is 101 Å². The molecule has 194 valence electrons. The van der Waals surface area contributed by atoms with Gasteiger partial charge in [0.05, 0.1) is 29.7 Å². The zero-order valence-electron chi connectivity index (χ0n) is 20.3. The van der Waals surface area contributed by atoms with Crippen molar-refractivity contribution in [2.24, 2.45) is 0 Å². The molecular weight excluding hydrogens is 507 g/mol. The smallest absolute Gasteiger partial charge is 0.416 e. The first-order chi connectivity index (χ1) is 17.5. The van der Waals surface area contributed by atoms with E-state index >= 15 is 0 Å². The minimum atomic E-state index is -4.66. The van der Waals surface area contributed by atoms with Gasteiger partial charge in [0, 0.05) is 0 Å². The molecule has 4 aromatic rings. The van der Waals surface area contributed by atoms with Crippen LogP contribution in [0.25, 0.3) is 0 Å². The molecule has 0 radical (unpaired) electrons. The van der Waals surface area contributed by atoms with Gasteiger partial charge in [0.25, 0.3) is 10.0 Å². The molecule has 0 aliphatic heterocycles. The fourth-order valence-corrected chi connectivity index (χ4v) is 5.27. The van der Waals surface area contributed by atoms with E-state index in [0.29, 0.717) is 5.75 Å². The first-order valence-corrected chi connectivity index (χ1v) is 12.6. The van der Waals surface area contributed by atoms with Gasteiger partial charge in [-0.25, -0.2) is 8.42 Å². The number of aryl methyl sites for hydroxylation is 1. The van der Waals surface area contributed by atoms with Crippen molar-refractivity contribution < 1.29 is 30.7 Å². The van der Waals surface area contributed by atoms with Crippen molar-refractivity contribution in [3.8, 4) is 5.75 Å². The Balaban J connectivity index is 1.72. The number of methoxy groups -OCH3 is 1. The summed E-state index contributed by atoms with van der Waals surface area (Å²) < 4.78 is 79.9. The molecule has 0 aliphatic carbocycles. The van der Waals surface area contributed by atoms with Crippen molar-refractivity contribution in [1.82, 2.24) is 10.2 Å². The lowest BCUT2D eigenvalue weighted by Gasteiger charge is -2.26. The number of halogens is 3. The van der Waals surface area contributed by atoms with Crippen LogP contribution in [0.3, 0.4) is 0 Å². The van der Waals surface area contributed by atoms with Gasteiger partial charge in [0.1, 0.15) is 12.3 Å². The lowest BCUT2D eigenvalue weighted by molar-refractivity contribution is -0.138. The van der Waals surface area contributed by atoms with E-state index in [9.17, 15) is 21.6 Å². The van der Waals surface area contributed by atoms with E-state index in [2.05, 4.69) is 10.2 Å². The summed E-state index contributed by atoms with van der Waals surface area (Å²) in [6.07, 6.45) is -4.38. The molecule has 0 spiro atoms. The zero-order chi connectivity index (χ0) is 26.8. The van der Waals surface area contributed by atoms with Gasteiger partial charge < -0.3 is 9.15 Å². The number of sulfonamides is 1. The molecule has 1 aromatic heterocycles. The van der Waals surface area contributed by atoms with Gasteiger partial charge in [-0.3, -0.25) is 4.31 Å². The van der Waals surface area contributed by atoms with Crippen LogP contribution in [-0.4, -0.2) is 25.7 Å². The molecule has 3 aromatic carbocycles. The van der Waals surface area contributed by atoms with Gasteiger partial charge in [-0.2, -0.15) is 13.2 Å². The van der Waals surface area contributed by atoms with Crippen molar-refractivity contribution in [3.63, 3.8) is 0 Å². The average molecular weight is 532 g/mol. The third-order valence-corrected chi connectivity index (χ3v) is 7.56. The van der Waals surface area contributed by atoms with Gasteiger partial charge >= 0.3 is 6.18 Å².